The van der Waals surface area contributed by atoms with E-state index in [1.54, 1.807) is 9.80 Å². The summed E-state index contributed by atoms with van der Waals surface area (Å²) in [6.45, 7) is 4.89. The fraction of sp³-hybridized carbons (Fsp3) is 0.300. The van der Waals surface area contributed by atoms with Crippen LogP contribution in [0.5, 0.6) is 0 Å². The minimum absolute atomic E-state index is 0.0421. The Labute approximate surface area is 142 Å². The minimum atomic E-state index is -0.440. The molecule has 0 N–H and O–H groups in total. The van der Waals surface area contributed by atoms with Gasteiger partial charge >= 0.3 is 11.8 Å². The molecule has 3 rings (SSSR count). The monoisotopic (exact) mass is 322 g/mol. The van der Waals surface area contributed by atoms with Gasteiger partial charge in [-0.2, -0.15) is 0 Å². The molecule has 0 saturated carbocycles. The third-order valence-corrected chi connectivity index (χ3v) is 4.40. The van der Waals surface area contributed by atoms with Crippen molar-refractivity contribution in [2.24, 2.45) is 0 Å². The van der Waals surface area contributed by atoms with Crippen LogP contribution in [0, 0.1) is 0 Å². The number of para-hydroxylation sites is 1. The standard InChI is InChI=1S/C20H22N2O2/c1-15(2)22(14-16-8-4-3-5-9-16)20(24)19(23)21-13-12-17-10-6-7-11-18(17)21/h3-11,15H,12-14H2,1-2H3. The van der Waals surface area contributed by atoms with Crippen molar-refractivity contribution in [1.29, 1.82) is 0 Å². The van der Waals surface area contributed by atoms with Crippen molar-refractivity contribution in [2.45, 2.75) is 32.9 Å². The van der Waals surface area contributed by atoms with E-state index >= 15 is 0 Å². The average Bonchev–Trinajstić information content (AvgIpc) is 3.03. The molecule has 4 nitrogen and oxygen atoms in total. The van der Waals surface area contributed by atoms with E-state index in [0.717, 1.165) is 23.2 Å². The van der Waals surface area contributed by atoms with E-state index in [0.29, 0.717) is 13.1 Å². The van der Waals surface area contributed by atoms with E-state index in [2.05, 4.69) is 0 Å². The van der Waals surface area contributed by atoms with Crippen LogP contribution in [-0.2, 0) is 22.6 Å². The molecule has 1 aliphatic rings. The predicted octanol–water partition coefficient (Wildman–Crippen LogP) is 3.01. The molecule has 1 aliphatic heterocycles. The molecular formula is C20H22N2O2. The van der Waals surface area contributed by atoms with E-state index in [1.165, 1.54) is 0 Å². The first-order valence-electron chi connectivity index (χ1n) is 8.32. The van der Waals surface area contributed by atoms with Crippen molar-refractivity contribution in [1.82, 2.24) is 4.90 Å². The van der Waals surface area contributed by atoms with Crippen molar-refractivity contribution in [3.63, 3.8) is 0 Å². The number of anilines is 1. The SMILES string of the molecule is CC(C)N(Cc1ccccc1)C(=O)C(=O)N1CCc2ccccc21. The number of carbonyl (C=O) groups is 2. The minimum Gasteiger partial charge on any atom is -0.328 e. The number of hydrogen-bond acceptors (Lipinski definition) is 2. The normalized spacial score (nSPS) is 13.0. The van der Waals surface area contributed by atoms with Crippen LogP contribution >= 0.6 is 0 Å². The fourth-order valence-electron chi connectivity index (χ4n) is 3.06. The summed E-state index contributed by atoms with van der Waals surface area (Å²) in [5.74, 6) is -0.880. The summed E-state index contributed by atoms with van der Waals surface area (Å²) < 4.78 is 0. The van der Waals surface area contributed by atoms with Crippen molar-refractivity contribution in [3.05, 3.63) is 65.7 Å². The van der Waals surface area contributed by atoms with Gasteiger partial charge in [0.15, 0.2) is 0 Å². The molecule has 0 unspecified atom stereocenters. The summed E-state index contributed by atoms with van der Waals surface area (Å²) in [4.78, 5) is 28.8. The van der Waals surface area contributed by atoms with Gasteiger partial charge in [0.2, 0.25) is 0 Å². The second-order valence-electron chi connectivity index (χ2n) is 6.35. The summed E-state index contributed by atoms with van der Waals surface area (Å²) in [7, 11) is 0. The van der Waals surface area contributed by atoms with Gasteiger partial charge < -0.3 is 9.80 Å². The van der Waals surface area contributed by atoms with E-state index < -0.39 is 11.8 Å². The highest BCUT2D eigenvalue weighted by atomic mass is 16.2. The quantitative estimate of drug-likeness (QED) is 0.815. The van der Waals surface area contributed by atoms with Gasteiger partial charge in [-0.3, -0.25) is 9.59 Å². The van der Waals surface area contributed by atoms with Crippen LogP contribution in [0.4, 0.5) is 5.69 Å². The molecule has 0 radical (unpaired) electrons. The molecule has 0 atom stereocenters. The number of hydrogen-bond donors (Lipinski definition) is 0. The topological polar surface area (TPSA) is 40.6 Å². The molecule has 2 aromatic carbocycles. The van der Waals surface area contributed by atoms with Gasteiger partial charge in [-0.25, -0.2) is 0 Å². The maximum absolute atomic E-state index is 12.8. The van der Waals surface area contributed by atoms with Crippen molar-refractivity contribution in [2.75, 3.05) is 11.4 Å². The third kappa shape index (κ3) is 3.18. The summed E-state index contributed by atoms with van der Waals surface area (Å²) >= 11 is 0. The third-order valence-electron chi connectivity index (χ3n) is 4.40. The zero-order chi connectivity index (χ0) is 17.1. The summed E-state index contributed by atoms with van der Waals surface area (Å²) in [6, 6.07) is 17.5. The predicted molar refractivity (Wildman–Crippen MR) is 94.6 cm³/mol. The van der Waals surface area contributed by atoms with Gasteiger partial charge in [0.05, 0.1) is 0 Å². The molecule has 0 spiro atoms. The van der Waals surface area contributed by atoms with Crippen LogP contribution in [0.15, 0.2) is 54.6 Å². The van der Waals surface area contributed by atoms with Gasteiger partial charge in [-0.15, -0.1) is 0 Å². The largest absolute Gasteiger partial charge is 0.328 e. The molecule has 2 amide bonds. The fourth-order valence-corrected chi connectivity index (χ4v) is 3.06. The first-order chi connectivity index (χ1) is 11.6. The lowest BCUT2D eigenvalue weighted by molar-refractivity contribution is -0.146. The summed E-state index contributed by atoms with van der Waals surface area (Å²) in [5.41, 5.74) is 3.01. The highest BCUT2D eigenvalue weighted by molar-refractivity contribution is 6.40. The Morgan fingerprint density at radius 3 is 2.42 bits per heavy atom. The first kappa shape index (κ1) is 16.2. The van der Waals surface area contributed by atoms with Crippen LogP contribution in [0.2, 0.25) is 0 Å². The first-order valence-corrected chi connectivity index (χ1v) is 8.32. The molecule has 0 fully saturated rings. The molecule has 2 aromatic rings. The number of carbonyl (C=O) groups excluding carboxylic acids is 2. The highest BCUT2D eigenvalue weighted by Gasteiger charge is 2.32. The Kier molecular flexibility index (Phi) is 4.65. The highest BCUT2D eigenvalue weighted by Crippen LogP contribution is 2.28. The molecule has 124 valence electrons. The smallest absolute Gasteiger partial charge is 0.316 e. The maximum Gasteiger partial charge on any atom is 0.316 e. The van der Waals surface area contributed by atoms with Gasteiger partial charge in [0.1, 0.15) is 0 Å². The number of benzene rings is 2. The van der Waals surface area contributed by atoms with Gasteiger partial charge in [0.25, 0.3) is 0 Å². The molecular weight excluding hydrogens is 300 g/mol. The molecule has 24 heavy (non-hydrogen) atoms. The molecule has 0 aromatic heterocycles. The Balaban J connectivity index is 1.79. The van der Waals surface area contributed by atoms with Crippen LogP contribution in [0.25, 0.3) is 0 Å². The van der Waals surface area contributed by atoms with Gasteiger partial charge in [-0.1, -0.05) is 48.5 Å². The molecule has 0 aliphatic carbocycles. The van der Waals surface area contributed by atoms with E-state index in [1.807, 2.05) is 68.4 Å². The average molecular weight is 322 g/mol. The van der Waals surface area contributed by atoms with Crippen LogP contribution in [0.3, 0.4) is 0 Å². The van der Waals surface area contributed by atoms with Crippen molar-refractivity contribution < 1.29 is 9.59 Å². The molecule has 1 heterocycles. The zero-order valence-electron chi connectivity index (χ0n) is 14.1. The van der Waals surface area contributed by atoms with Crippen LogP contribution in [0.1, 0.15) is 25.0 Å². The second kappa shape index (κ2) is 6.87. The number of rotatable bonds is 3. The Bertz CT molecular complexity index is 740. The number of fused-ring (bicyclic) bond motifs is 1. The van der Waals surface area contributed by atoms with Crippen LogP contribution < -0.4 is 4.90 Å². The number of amides is 2. The van der Waals surface area contributed by atoms with Crippen LogP contribution in [-0.4, -0.2) is 29.3 Å². The van der Waals surface area contributed by atoms with Gasteiger partial charge in [-0.05, 0) is 37.5 Å². The van der Waals surface area contributed by atoms with Crippen molar-refractivity contribution in [3.8, 4) is 0 Å². The Morgan fingerprint density at radius 1 is 1.04 bits per heavy atom. The van der Waals surface area contributed by atoms with Gasteiger partial charge in [0, 0.05) is 24.8 Å². The maximum atomic E-state index is 12.8. The lowest BCUT2D eigenvalue weighted by atomic mass is 10.1. The second-order valence-corrected chi connectivity index (χ2v) is 6.35. The zero-order valence-corrected chi connectivity index (χ0v) is 14.1. The molecule has 0 saturated heterocycles. The van der Waals surface area contributed by atoms with E-state index in [9.17, 15) is 9.59 Å². The van der Waals surface area contributed by atoms with E-state index in [4.69, 9.17) is 0 Å². The Hall–Kier alpha value is -2.62. The van der Waals surface area contributed by atoms with Crippen molar-refractivity contribution >= 4 is 17.5 Å². The molecule has 0 bridgehead atoms. The summed E-state index contributed by atoms with van der Waals surface area (Å²) in [5, 5.41) is 0. The lowest BCUT2D eigenvalue weighted by Crippen LogP contribution is -2.47. The summed E-state index contributed by atoms with van der Waals surface area (Å²) in [6.07, 6.45) is 0.801. The number of nitrogens with zero attached hydrogens (tertiary/aromatic N) is 2. The lowest BCUT2D eigenvalue weighted by Gasteiger charge is -2.28. The van der Waals surface area contributed by atoms with E-state index in [-0.39, 0.29) is 6.04 Å². The Morgan fingerprint density at radius 2 is 1.71 bits per heavy atom. The molecule has 4 heteroatoms.